The van der Waals surface area contributed by atoms with Gasteiger partial charge in [0, 0.05) is 19.8 Å². The van der Waals surface area contributed by atoms with Gasteiger partial charge in [-0.1, -0.05) is 0 Å². The summed E-state index contributed by atoms with van der Waals surface area (Å²) in [4.78, 5) is 15.6. The minimum Gasteiger partial charge on any atom is -0.382 e. The molecule has 0 rings (SSSR count). The number of hydrogen-bond donors (Lipinski definition) is 1. The number of carbonyl (C=O) groups is 1. The second-order valence-electron chi connectivity index (χ2n) is 2.75. The predicted octanol–water partition coefficient (Wildman–Crippen LogP) is -0.885. The van der Waals surface area contributed by atoms with Crippen molar-refractivity contribution >= 4 is 15.7 Å². The third-order valence-electron chi connectivity index (χ3n) is 1.28. The summed E-state index contributed by atoms with van der Waals surface area (Å²) in [6.45, 7) is 0.605. The van der Waals surface area contributed by atoms with Gasteiger partial charge in [0.15, 0.2) is 0 Å². The number of carbonyl (C=O) groups excluding carboxylic acids is 1. The number of amides is 1. The Bertz CT molecular complexity index is 261. The Balaban J connectivity index is 3.47. The summed E-state index contributed by atoms with van der Waals surface area (Å²) in [5.41, 5.74) is 2.11. The van der Waals surface area contributed by atoms with Crippen LogP contribution in [0.5, 0.6) is 0 Å². The van der Waals surface area contributed by atoms with E-state index < -0.39 is 15.7 Å². The lowest BCUT2D eigenvalue weighted by Gasteiger charge is -2.04. The molecule has 0 saturated heterocycles. The van der Waals surface area contributed by atoms with Crippen LogP contribution in [0.3, 0.4) is 0 Å². The largest absolute Gasteiger partial charge is 0.382 e. The summed E-state index contributed by atoms with van der Waals surface area (Å²) in [6.07, 6.45) is 0.984. The lowest BCUT2D eigenvalue weighted by atomic mass is 10.5. The number of sulfone groups is 1. The molecule has 0 spiro atoms. The molecule has 0 fully saturated rings. The average Bonchev–Trinajstić information content (AvgIpc) is 2.08. The first kappa shape index (κ1) is 13.3. The summed E-state index contributed by atoms with van der Waals surface area (Å²) >= 11 is 0. The van der Waals surface area contributed by atoms with Gasteiger partial charge in [0.25, 0.3) is 0 Å². The van der Waals surface area contributed by atoms with Gasteiger partial charge in [-0.2, -0.15) is 0 Å². The van der Waals surface area contributed by atoms with E-state index in [0.29, 0.717) is 6.61 Å². The number of ether oxygens (including phenoxy) is 1. The van der Waals surface area contributed by atoms with Gasteiger partial charge in [-0.15, -0.1) is 0 Å². The van der Waals surface area contributed by atoms with E-state index in [-0.39, 0.29) is 18.8 Å². The van der Waals surface area contributed by atoms with E-state index in [0.717, 1.165) is 6.26 Å². The summed E-state index contributed by atoms with van der Waals surface area (Å²) in [7, 11) is -1.59. The highest BCUT2D eigenvalue weighted by Crippen LogP contribution is 1.88. The number of hydroxylamine groups is 1. The third kappa shape index (κ3) is 9.43. The molecule has 0 radical (unpaired) electrons. The minimum atomic E-state index is -3.10. The molecule has 0 unspecified atom stereocenters. The Kier molecular flexibility index (Phi) is 6.43. The van der Waals surface area contributed by atoms with Gasteiger partial charge in [-0.05, 0) is 0 Å². The van der Waals surface area contributed by atoms with E-state index >= 15 is 0 Å². The van der Waals surface area contributed by atoms with Crippen molar-refractivity contribution in [3.05, 3.63) is 0 Å². The zero-order chi connectivity index (χ0) is 11.0. The highest BCUT2D eigenvalue weighted by atomic mass is 32.2. The molecule has 0 bridgehead atoms. The van der Waals surface area contributed by atoms with E-state index in [2.05, 4.69) is 15.1 Å². The Morgan fingerprint density at radius 3 is 2.50 bits per heavy atom. The fourth-order valence-electron chi connectivity index (χ4n) is 0.586. The molecule has 1 N–H and O–H groups in total. The topological polar surface area (TPSA) is 81.7 Å². The van der Waals surface area contributed by atoms with Crippen LogP contribution in [-0.4, -0.2) is 46.7 Å². The fraction of sp³-hybridized carbons (Fsp3) is 0.857. The van der Waals surface area contributed by atoms with Crippen molar-refractivity contribution in [3.8, 4) is 0 Å². The Morgan fingerprint density at radius 2 is 2.00 bits per heavy atom. The lowest BCUT2D eigenvalue weighted by Crippen LogP contribution is -2.27. The Labute approximate surface area is 83.4 Å². The average molecular weight is 225 g/mol. The quantitative estimate of drug-likeness (QED) is 0.449. The maximum atomic E-state index is 10.9. The van der Waals surface area contributed by atoms with Crippen LogP contribution < -0.4 is 5.48 Å². The molecule has 0 atom stereocenters. The summed E-state index contributed by atoms with van der Waals surface area (Å²) in [5, 5.41) is 0. The maximum absolute atomic E-state index is 10.9. The van der Waals surface area contributed by atoms with E-state index in [1.807, 2.05) is 0 Å². The molecule has 0 heterocycles. The normalized spacial score (nSPS) is 11.3. The first-order valence-corrected chi connectivity index (χ1v) is 6.09. The number of methoxy groups -OCH3 is 1. The second-order valence-corrected chi connectivity index (χ2v) is 5.01. The second kappa shape index (κ2) is 6.74. The molecule has 0 aromatic rings. The molecule has 14 heavy (non-hydrogen) atoms. The van der Waals surface area contributed by atoms with Crippen LogP contribution in [0.4, 0.5) is 0 Å². The molecule has 0 aliphatic heterocycles. The van der Waals surface area contributed by atoms with Crippen LogP contribution in [0, 0.1) is 0 Å². The zero-order valence-electron chi connectivity index (χ0n) is 8.28. The van der Waals surface area contributed by atoms with E-state index in [1.54, 1.807) is 0 Å². The molecule has 84 valence electrons. The van der Waals surface area contributed by atoms with Crippen molar-refractivity contribution < 1.29 is 22.8 Å². The highest BCUT2D eigenvalue weighted by Gasteiger charge is 2.07. The van der Waals surface area contributed by atoms with Crippen molar-refractivity contribution in [2.75, 3.05) is 32.3 Å². The minimum absolute atomic E-state index is 0.0915. The molecule has 0 aromatic carbocycles. The van der Waals surface area contributed by atoms with E-state index in [4.69, 9.17) is 0 Å². The van der Waals surface area contributed by atoms with Crippen LogP contribution in [0.1, 0.15) is 6.42 Å². The summed E-state index contributed by atoms with van der Waals surface area (Å²) in [5.74, 6) is -0.626. The van der Waals surface area contributed by atoms with Gasteiger partial charge >= 0.3 is 0 Å². The number of rotatable bonds is 7. The van der Waals surface area contributed by atoms with Crippen molar-refractivity contribution in [2.45, 2.75) is 6.42 Å². The number of hydrogen-bond acceptors (Lipinski definition) is 5. The standard InChI is InChI=1S/C7H15NO5S/c1-12-4-5-13-8-7(9)3-6-14(2,10)11/h3-6H2,1-2H3,(H,8,9). The van der Waals surface area contributed by atoms with Crippen molar-refractivity contribution in [1.82, 2.24) is 5.48 Å². The molecule has 6 nitrogen and oxygen atoms in total. The van der Waals surface area contributed by atoms with E-state index in [1.165, 1.54) is 7.11 Å². The van der Waals surface area contributed by atoms with Gasteiger partial charge in [0.05, 0.1) is 19.0 Å². The van der Waals surface area contributed by atoms with Gasteiger partial charge in [-0.3, -0.25) is 9.63 Å². The van der Waals surface area contributed by atoms with Crippen LogP contribution in [-0.2, 0) is 24.2 Å². The van der Waals surface area contributed by atoms with Gasteiger partial charge in [0.2, 0.25) is 5.91 Å². The van der Waals surface area contributed by atoms with Crippen LogP contribution in [0.15, 0.2) is 0 Å². The maximum Gasteiger partial charge on any atom is 0.244 e. The molecule has 0 saturated carbocycles. The lowest BCUT2D eigenvalue weighted by molar-refractivity contribution is -0.134. The Hall–Kier alpha value is -0.660. The SMILES string of the molecule is COCCONC(=O)CCS(C)(=O)=O. The van der Waals surface area contributed by atoms with Gasteiger partial charge in [0.1, 0.15) is 9.84 Å². The molecule has 1 amide bonds. The molecular weight excluding hydrogens is 210 g/mol. The monoisotopic (exact) mass is 225 g/mol. The molecule has 7 heteroatoms. The van der Waals surface area contributed by atoms with Crippen LogP contribution >= 0.6 is 0 Å². The van der Waals surface area contributed by atoms with Gasteiger partial charge < -0.3 is 4.74 Å². The van der Waals surface area contributed by atoms with Gasteiger partial charge in [-0.25, -0.2) is 13.9 Å². The molecule has 0 aliphatic carbocycles. The van der Waals surface area contributed by atoms with Crippen molar-refractivity contribution in [2.24, 2.45) is 0 Å². The number of nitrogens with one attached hydrogen (secondary N) is 1. The van der Waals surface area contributed by atoms with Crippen LogP contribution in [0.25, 0.3) is 0 Å². The van der Waals surface area contributed by atoms with Crippen molar-refractivity contribution in [1.29, 1.82) is 0 Å². The smallest absolute Gasteiger partial charge is 0.244 e. The first-order valence-electron chi connectivity index (χ1n) is 4.03. The Morgan fingerprint density at radius 1 is 1.36 bits per heavy atom. The predicted molar refractivity (Wildman–Crippen MR) is 50.3 cm³/mol. The van der Waals surface area contributed by atoms with Crippen LogP contribution in [0.2, 0.25) is 0 Å². The fourth-order valence-corrected chi connectivity index (χ4v) is 1.14. The van der Waals surface area contributed by atoms with Crippen molar-refractivity contribution in [3.63, 3.8) is 0 Å². The zero-order valence-corrected chi connectivity index (χ0v) is 9.09. The van der Waals surface area contributed by atoms with E-state index in [9.17, 15) is 13.2 Å². The third-order valence-corrected chi connectivity index (χ3v) is 2.22. The first-order chi connectivity index (χ1) is 6.45. The molecular formula is C7H15NO5S. The molecule has 0 aliphatic rings. The summed E-state index contributed by atoms with van der Waals surface area (Å²) in [6, 6.07) is 0. The highest BCUT2D eigenvalue weighted by molar-refractivity contribution is 7.90. The molecule has 0 aromatic heterocycles. The summed E-state index contributed by atoms with van der Waals surface area (Å²) < 4.78 is 26.0.